The minimum absolute atomic E-state index is 0.193. The van der Waals surface area contributed by atoms with Gasteiger partial charge >= 0.3 is 7.82 Å². The number of rotatable bonds is 6. The lowest BCUT2D eigenvalue weighted by Gasteiger charge is -2.26. The fraction of sp³-hybridized carbons (Fsp3) is 0.600. The molecule has 0 heterocycles. The summed E-state index contributed by atoms with van der Waals surface area (Å²) in [5, 5.41) is 18.6. The summed E-state index contributed by atoms with van der Waals surface area (Å²) >= 11 is 0. The molecule has 0 radical (unpaired) electrons. The van der Waals surface area contributed by atoms with Crippen LogP contribution in [0, 0.1) is 34.5 Å². The van der Waals surface area contributed by atoms with E-state index in [0.29, 0.717) is 5.76 Å². The molecule has 2 aliphatic carbocycles. The van der Waals surface area contributed by atoms with Crippen molar-refractivity contribution < 1.29 is 18.1 Å². The zero-order valence-corrected chi connectivity index (χ0v) is 13.6. The number of allylic oxidation sites excluding steroid dienone is 3. The molecule has 118 valence electrons. The first-order valence-electron chi connectivity index (χ1n) is 7.40. The molecule has 0 bridgehead atoms. The van der Waals surface area contributed by atoms with E-state index in [1.165, 1.54) is 0 Å². The molecule has 0 aromatic carbocycles. The van der Waals surface area contributed by atoms with Crippen LogP contribution >= 0.6 is 7.82 Å². The maximum atomic E-state index is 12.5. The SMILES string of the molecule is CCOP(=O)(OCC)OC1=C[C@@H](C#N)[C@H](C#N)C2=C1CCC2. The van der Waals surface area contributed by atoms with Crippen LogP contribution in [0.1, 0.15) is 33.1 Å². The highest BCUT2D eigenvalue weighted by Crippen LogP contribution is 2.55. The average Bonchev–Trinajstić information content (AvgIpc) is 2.96. The zero-order valence-electron chi connectivity index (χ0n) is 12.7. The van der Waals surface area contributed by atoms with E-state index >= 15 is 0 Å². The first kappa shape index (κ1) is 16.8. The Morgan fingerprint density at radius 2 is 1.91 bits per heavy atom. The number of hydrogen-bond acceptors (Lipinski definition) is 6. The second-order valence-corrected chi connectivity index (χ2v) is 6.62. The Morgan fingerprint density at radius 1 is 1.23 bits per heavy atom. The fourth-order valence-corrected chi connectivity index (χ4v) is 4.07. The molecule has 2 aliphatic rings. The molecule has 7 heteroatoms. The summed E-state index contributed by atoms with van der Waals surface area (Å²) in [6, 6.07) is 4.31. The van der Waals surface area contributed by atoms with E-state index in [0.717, 1.165) is 30.4 Å². The second-order valence-electron chi connectivity index (χ2n) is 5.02. The van der Waals surface area contributed by atoms with Gasteiger partial charge < -0.3 is 4.52 Å². The Labute approximate surface area is 130 Å². The molecule has 0 fully saturated rings. The van der Waals surface area contributed by atoms with Gasteiger partial charge in [-0.2, -0.15) is 10.5 Å². The van der Waals surface area contributed by atoms with Gasteiger partial charge in [-0.05, 0) is 50.3 Å². The topological polar surface area (TPSA) is 92.3 Å². The Kier molecular flexibility index (Phi) is 5.42. The molecule has 22 heavy (non-hydrogen) atoms. The van der Waals surface area contributed by atoms with Crippen molar-refractivity contribution >= 4 is 7.82 Å². The largest absolute Gasteiger partial charge is 0.530 e. The highest BCUT2D eigenvalue weighted by atomic mass is 31.2. The van der Waals surface area contributed by atoms with Crippen molar-refractivity contribution in [1.82, 2.24) is 0 Å². The zero-order chi connectivity index (χ0) is 16.2. The van der Waals surface area contributed by atoms with E-state index in [4.69, 9.17) is 13.6 Å². The van der Waals surface area contributed by atoms with Gasteiger partial charge in [0.15, 0.2) is 0 Å². The molecular formula is C15H19N2O4P. The number of phosphoric ester groups is 1. The Bertz CT molecular complexity index is 616. The molecule has 0 saturated heterocycles. The number of nitrogens with zero attached hydrogens (tertiary/aromatic N) is 2. The summed E-state index contributed by atoms with van der Waals surface area (Å²) in [5.41, 5.74) is 1.80. The highest BCUT2D eigenvalue weighted by molar-refractivity contribution is 7.48. The van der Waals surface area contributed by atoms with Crippen molar-refractivity contribution in [3.05, 3.63) is 23.0 Å². The van der Waals surface area contributed by atoms with Crippen molar-refractivity contribution in [2.24, 2.45) is 11.8 Å². The lowest BCUT2D eigenvalue weighted by molar-refractivity contribution is 0.146. The number of hydrogen-bond donors (Lipinski definition) is 0. The van der Waals surface area contributed by atoms with Crippen molar-refractivity contribution in [2.45, 2.75) is 33.1 Å². The highest BCUT2D eigenvalue weighted by Gasteiger charge is 2.38. The van der Waals surface area contributed by atoms with E-state index in [2.05, 4.69) is 12.1 Å². The summed E-state index contributed by atoms with van der Waals surface area (Å²) in [6.07, 6.45) is 3.98. The van der Waals surface area contributed by atoms with Crippen molar-refractivity contribution in [2.75, 3.05) is 13.2 Å². The molecule has 0 spiro atoms. The van der Waals surface area contributed by atoms with Crippen LogP contribution in [-0.2, 0) is 18.1 Å². The molecule has 0 aromatic rings. The Morgan fingerprint density at radius 3 is 2.45 bits per heavy atom. The van der Waals surface area contributed by atoms with Crippen molar-refractivity contribution in [3.8, 4) is 12.1 Å². The van der Waals surface area contributed by atoms with E-state index in [9.17, 15) is 15.1 Å². The average molecular weight is 322 g/mol. The quantitative estimate of drug-likeness (QED) is 0.690. The van der Waals surface area contributed by atoms with Crippen LogP contribution in [0.2, 0.25) is 0 Å². The summed E-state index contributed by atoms with van der Waals surface area (Å²) < 4.78 is 28.4. The van der Waals surface area contributed by atoms with Crippen molar-refractivity contribution in [3.63, 3.8) is 0 Å². The smallest absolute Gasteiger partial charge is 0.404 e. The molecule has 2 rings (SSSR count). The van der Waals surface area contributed by atoms with Gasteiger partial charge in [-0.3, -0.25) is 9.05 Å². The number of nitriles is 2. The van der Waals surface area contributed by atoms with Gasteiger partial charge in [0.2, 0.25) is 0 Å². The predicted octanol–water partition coefficient (Wildman–Crippen LogP) is 3.84. The van der Waals surface area contributed by atoms with Gasteiger partial charge in [0.1, 0.15) is 5.76 Å². The van der Waals surface area contributed by atoms with Crippen LogP contribution in [0.5, 0.6) is 0 Å². The maximum Gasteiger partial charge on any atom is 0.530 e. The minimum atomic E-state index is -3.70. The third-order valence-corrected chi connectivity index (χ3v) is 5.27. The summed E-state index contributed by atoms with van der Waals surface area (Å²) in [4.78, 5) is 0. The van der Waals surface area contributed by atoms with Gasteiger partial charge in [0.05, 0.1) is 37.2 Å². The van der Waals surface area contributed by atoms with Gasteiger partial charge in [-0.1, -0.05) is 0 Å². The van der Waals surface area contributed by atoms with E-state index < -0.39 is 19.7 Å². The Hall–Kier alpha value is -1.59. The molecule has 2 atom stereocenters. The monoisotopic (exact) mass is 322 g/mol. The van der Waals surface area contributed by atoms with Gasteiger partial charge in [0.25, 0.3) is 0 Å². The standard InChI is InChI=1S/C15H19N2O4P/c1-3-19-22(18,20-4-2)21-15-8-11(9-16)14(10-17)12-6-5-7-13(12)15/h8,11,14H,3-7H2,1-2H3/t11-,14-/m0/s1. The van der Waals surface area contributed by atoms with E-state index in [1.807, 2.05) is 0 Å². The first-order chi connectivity index (χ1) is 10.6. The molecule has 6 nitrogen and oxygen atoms in total. The summed E-state index contributed by atoms with van der Waals surface area (Å²) in [5.74, 6) is -0.683. The van der Waals surface area contributed by atoms with Crippen LogP contribution in [0.3, 0.4) is 0 Å². The molecule has 0 N–H and O–H groups in total. The van der Waals surface area contributed by atoms with Crippen LogP contribution in [-0.4, -0.2) is 13.2 Å². The number of phosphoric acid groups is 1. The van der Waals surface area contributed by atoms with Crippen LogP contribution in [0.4, 0.5) is 0 Å². The first-order valence-corrected chi connectivity index (χ1v) is 8.86. The molecule has 0 amide bonds. The lowest BCUT2D eigenvalue weighted by atomic mass is 9.81. The summed E-state index contributed by atoms with van der Waals surface area (Å²) in [7, 11) is -3.70. The molecule has 0 aliphatic heterocycles. The van der Waals surface area contributed by atoms with Gasteiger partial charge in [-0.25, -0.2) is 4.57 Å². The van der Waals surface area contributed by atoms with E-state index in [1.54, 1.807) is 19.9 Å². The second kappa shape index (κ2) is 7.11. The predicted molar refractivity (Wildman–Crippen MR) is 79.1 cm³/mol. The van der Waals surface area contributed by atoms with Crippen LogP contribution in [0.25, 0.3) is 0 Å². The normalized spacial score (nSPS) is 24.3. The van der Waals surface area contributed by atoms with Crippen LogP contribution < -0.4 is 0 Å². The van der Waals surface area contributed by atoms with Gasteiger partial charge in [-0.15, -0.1) is 0 Å². The summed E-state index contributed by atoms with van der Waals surface area (Å²) in [6.45, 7) is 3.79. The Balaban J connectivity index is 2.34. The lowest BCUT2D eigenvalue weighted by Crippen LogP contribution is -2.18. The molecule has 0 aromatic heterocycles. The molecular weight excluding hydrogens is 303 g/mol. The van der Waals surface area contributed by atoms with E-state index in [-0.39, 0.29) is 13.2 Å². The molecule has 0 saturated carbocycles. The maximum absolute atomic E-state index is 12.5. The van der Waals surface area contributed by atoms with Crippen LogP contribution in [0.15, 0.2) is 23.0 Å². The minimum Gasteiger partial charge on any atom is -0.404 e. The third-order valence-electron chi connectivity index (χ3n) is 3.70. The van der Waals surface area contributed by atoms with Gasteiger partial charge in [0, 0.05) is 0 Å². The third kappa shape index (κ3) is 3.25. The molecule has 0 unspecified atom stereocenters. The fourth-order valence-electron chi connectivity index (χ4n) is 2.85. The van der Waals surface area contributed by atoms with Crippen molar-refractivity contribution in [1.29, 1.82) is 10.5 Å².